The van der Waals surface area contributed by atoms with Gasteiger partial charge >= 0.3 is 0 Å². The first-order valence-corrected chi connectivity index (χ1v) is 14.3. The van der Waals surface area contributed by atoms with Gasteiger partial charge in [-0.25, -0.2) is 0 Å². The number of nitrogens with one attached hydrogen (secondary N) is 2. The van der Waals surface area contributed by atoms with Gasteiger partial charge in [-0.2, -0.15) is 11.3 Å². The number of carbonyl (C=O) groups is 3. The van der Waals surface area contributed by atoms with Crippen LogP contribution in [0.2, 0.25) is 0 Å². The number of hydrogen-bond donors (Lipinski definition) is 2. The van der Waals surface area contributed by atoms with Gasteiger partial charge in [0.05, 0.1) is 0 Å². The fraction of sp³-hybridized carbons (Fsp3) is 0.0938. The van der Waals surface area contributed by atoms with E-state index in [0.29, 0.717) is 19.5 Å². The maximum absolute atomic E-state index is 12.4. The summed E-state index contributed by atoms with van der Waals surface area (Å²) in [7, 11) is 0. The third-order valence-corrected chi connectivity index (χ3v) is 8.49. The van der Waals surface area contributed by atoms with E-state index in [4.69, 9.17) is 0 Å². The van der Waals surface area contributed by atoms with Crippen LogP contribution in [0, 0.1) is 0 Å². The summed E-state index contributed by atoms with van der Waals surface area (Å²) in [6.07, 6.45) is 0.411. The SMILES string of the molecule is O=C(Cc1ccc2cc(-c3cccc4c3CNC4=O)ccc2c1)c1ccsc1.O=C1NCc2c(Br)cccc21. The zero-order valence-electron chi connectivity index (χ0n) is 20.8. The molecule has 1 aromatic heterocycles. The second-order valence-corrected chi connectivity index (χ2v) is 11.1. The number of ketones is 1. The van der Waals surface area contributed by atoms with Gasteiger partial charge in [-0.05, 0) is 74.3 Å². The van der Waals surface area contributed by atoms with Crippen LogP contribution < -0.4 is 10.6 Å². The maximum Gasteiger partial charge on any atom is 0.251 e. The van der Waals surface area contributed by atoms with E-state index in [2.05, 4.69) is 63.0 Å². The Labute approximate surface area is 238 Å². The van der Waals surface area contributed by atoms with Gasteiger partial charge in [0.25, 0.3) is 11.8 Å². The number of carbonyl (C=O) groups excluding carboxylic acids is 3. The summed E-state index contributed by atoms with van der Waals surface area (Å²) in [4.78, 5) is 35.4. The van der Waals surface area contributed by atoms with Crippen molar-refractivity contribution in [3.63, 3.8) is 0 Å². The van der Waals surface area contributed by atoms with Gasteiger partial charge in [-0.3, -0.25) is 14.4 Å². The van der Waals surface area contributed by atoms with Gasteiger partial charge in [-0.1, -0.05) is 64.5 Å². The van der Waals surface area contributed by atoms with Crippen molar-refractivity contribution >= 4 is 55.6 Å². The highest BCUT2D eigenvalue weighted by atomic mass is 79.9. The maximum atomic E-state index is 12.4. The zero-order chi connectivity index (χ0) is 26.9. The summed E-state index contributed by atoms with van der Waals surface area (Å²) in [5.41, 5.74) is 7.67. The van der Waals surface area contributed by atoms with Crippen molar-refractivity contribution in [2.75, 3.05) is 0 Å². The molecule has 0 saturated heterocycles. The van der Waals surface area contributed by atoms with E-state index in [1.54, 1.807) is 11.3 Å². The number of thiophene rings is 1. The monoisotopic (exact) mass is 594 g/mol. The van der Waals surface area contributed by atoms with E-state index < -0.39 is 0 Å². The van der Waals surface area contributed by atoms with Crippen LogP contribution in [0.15, 0.2) is 94.1 Å². The Kier molecular flexibility index (Phi) is 6.85. The second kappa shape index (κ2) is 10.6. The number of Topliss-reactive ketones (excluding diaryl/α,β-unsaturated/α-hetero) is 1. The Hall–Kier alpha value is -4.07. The van der Waals surface area contributed by atoms with Gasteiger partial charge in [-0.15, -0.1) is 0 Å². The van der Waals surface area contributed by atoms with Gasteiger partial charge in [0.1, 0.15) is 0 Å². The molecule has 7 heteroatoms. The Morgan fingerprint density at radius 3 is 2.18 bits per heavy atom. The topological polar surface area (TPSA) is 75.3 Å². The summed E-state index contributed by atoms with van der Waals surface area (Å²) < 4.78 is 1.01. The van der Waals surface area contributed by atoms with Gasteiger partial charge in [0.15, 0.2) is 5.78 Å². The van der Waals surface area contributed by atoms with Crippen molar-refractivity contribution in [2.45, 2.75) is 19.5 Å². The molecule has 0 unspecified atom stereocenters. The summed E-state index contributed by atoms with van der Waals surface area (Å²) in [6.45, 7) is 1.22. The Morgan fingerprint density at radius 1 is 0.769 bits per heavy atom. The minimum atomic E-state index is -0.00225. The molecule has 0 radical (unpaired) electrons. The van der Waals surface area contributed by atoms with Gasteiger partial charge < -0.3 is 10.6 Å². The molecule has 2 amide bonds. The molecular weight excluding hydrogens is 572 g/mol. The van der Waals surface area contributed by atoms with Crippen molar-refractivity contribution in [3.05, 3.63) is 127 Å². The summed E-state index contributed by atoms with van der Waals surface area (Å²) >= 11 is 4.93. The van der Waals surface area contributed by atoms with Crippen LogP contribution in [0.25, 0.3) is 21.9 Å². The van der Waals surface area contributed by atoms with Crippen molar-refractivity contribution in [3.8, 4) is 11.1 Å². The van der Waals surface area contributed by atoms with Crippen LogP contribution in [0.3, 0.4) is 0 Å². The lowest BCUT2D eigenvalue weighted by atomic mass is 9.94. The van der Waals surface area contributed by atoms with Crippen LogP contribution in [0.4, 0.5) is 0 Å². The highest BCUT2D eigenvalue weighted by molar-refractivity contribution is 9.10. The molecule has 39 heavy (non-hydrogen) atoms. The molecule has 2 aliphatic rings. The number of amides is 2. The number of benzene rings is 4. The van der Waals surface area contributed by atoms with Crippen LogP contribution in [0.5, 0.6) is 0 Å². The highest BCUT2D eigenvalue weighted by Crippen LogP contribution is 2.31. The third-order valence-electron chi connectivity index (χ3n) is 7.06. The molecule has 2 N–H and O–H groups in total. The Morgan fingerprint density at radius 2 is 1.44 bits per heavy atom. The molecule has 0 atom stereocenters. The fourth-order valence-corrected chi connectivity index (χ4v) is 6.19. The first kappa shape index (κ1) is 25.2. The average molecular weight is 596 g/mol. The standard InChI is InChI=1S/C24H17NO2S.C8H6BrNO/c26-23(19-8-9-28-14-19)11-15-4-5-17-12-18(7-6-16(17)10-15)20-2-1-3-21-22(20)13-25-24(21)27;9-7-3-1-2-5-6(7)4-10-8(5)11/h1-10,12,14H,11,13H2,(H,25,27);1-3H,4H2,(H,10,11). The van der Waals surface area contributed by atoms with E-state index in [1.807, 2.05) is 53.2 Å². The molecule has 7 rings (SSSR count). The first-order chi connectivity index (χ1) is 19.0. The van der Waals surface area contributed by atoms with Crippen LogP contribution in [0.1, 0.15) is 47.8 Å². The smallest absolute Gasteiger partial charge is 0.251 e. The van der Waals surface area contributed by atoms with E-state index in [0.717, 1.165) is 59.8 Å². The number of fused-ring (bicyclic) bond motifs is 3. The average Bonchev–Trinajstić information content (AvgIpc) is 3.71. The normalized spacial score (nSPS) is 13.3. The molecule has 5 nitrogen and oxygen atoms in total. The molecule has 2 aliphatic heterocycles. The second-order valence-electron chi connectivity index (χ2n) is 9.47. The predicted octanol–water partition coefficient (Wildman–Crippen LogP) is 6.93. The lowest BCUT2D eigenvalue weighted by Crippen LogP contribution is -2.12. The zero-order valence-corrected chi connectivity index (χ0v) is 23.2. The highest BCUT2D eigenvalue weighted by Gasteiger charge is 2.22. The quantitative estimate of drug-likeness (QED) is 0.221. The van der Waals surface area contributed by atoms with E-state index >= 15 is 0 Å². The predicted molar refractivity (Wildman–Crippen MR) is 158 cm³/mol. The minimum absolute atomic E-state index is 0.00225. The number of halogens is 1. The molecule has 0 aliphatic carbocycles. The van der Waals surface area contributed by atoms with E-state index in [9.17, 15) is 14.4 Å². The Balaban J connectivity index is 0.000000210. The third kappa shape index (κ3) is 5.03. The molecule has 3 heterocycles. The largest absolute Gasteiger partial charge is 0.348 e. The number of hydrogen-bond acceptors (Lipinski definition) is 4. The van der Waals surface area contributed by atoms with Crippen molar-refractivity contribution in [2.24, 2.45) is 0 Å². The molecule has 0 spiro atoms. The summed E-state index contributed by atoms with van der Waals surface area (Å²) in [5, 5.41) is 11.7. The van der Waals surface area contributed by atoms with Crippen molar-refractivity contribution in [1.29, 1.82) is 0 Å². The Bertz CT molecular complexity index is 1760. The van der Waals surface area contributed by atoms with E-state index in [1.165, 1.54) is 0 Å². The molecule has 0 saturated carbocycles. The molecular formula is C32H23BrN2O3S. The van der Waals surface area contributed by atoms with Crippen LogP contribution in [-0.2, 0) is 19.5 Å². The fourth-order valence-electron chi connectivity index (χ4n) is 5.02. The summed E-state index contributed by atoms with van der Waals surface area (Å²) in [5.74, 6) is 0.174. The van der Waals surface area contributed by atoms with Gasteiger partial charge in [0.2, 0.25) is 0 Å². The lowest BCUT2D eigenvalue weighted by Gasteiger charge is -2.09. The summed E-state index contributed by atoms with van der Waals surface area (Å²) in [6, 6.07) is 25.9. The lowest BCUT2D eigenvalue weighted by molar-refractivity contribution is 0.0957. The molecule has 192 valence electrons. The minimum Gasteiger partial charge on any atom is -0.348 e. The van der Waals surface area contributed by atoms with E-state index in [-0.39, 0.29) is 17.6 Å². The van der Waals surface area contributed by atoms with Gasteiger partial charge in [0, 0.05) is 46.1 Å². The van der Waals surface area contributed by atoms with Crippen LogP contribution in [-0.4, -0.2) is 17.6 Å². The molecule has 4 aromatic carbocycles. The first-order valence-electron chi connectivity index (χ1n) is 12.5. The van der Waals surface area contributed by atoms with Crippen molar-refractivity contribution in [1.82, 2.24) is 10.6 Å². The molecule has 5 aromatic rings. The van der Waals surface area contributed by atoms with Crippen LogP contribution >= 0.6 is 27.3 Å². The van der Waals surface area contributed by atoms with Crippen molar-refractivity contribution < 1.29 is 14.4 Å². The molecule has 0 bridgehead atoms. The number of rotatable bonds is 4. The molecule has 0 fully saturated rings.